The second-order valence-electron chi connectivity index (χ2n) is 2.23. The van der Waals surface area contributed by atoms with Crippen LogP contribution in [0.4, 0.5) is 0 Å². The van der Waals surface area contributed by atoms with Crippen molar-refractivity contribution in [1.29, 1.82) is 0 Å². The van der Waals surface area contributed by atoms with E-state index in [1.54, 1.807) is 6.20 Å². The van der Waals surface area contributed by atoms with Crippen LogP contribution < -0.4 is 0 Å². The van der Waals surface area contributed by atoms with E-state index in [2.05, 4.69) is 32.8 Å². The molecule has 0 aromatic carbocycles. The van der Waals surface area contributed by atoms with Gasteiger partial charge < -0.3 is 0 Å². The number of alkyl halides is 1. The molecule has 12 heavy (non-hydrogen) atoms. The highest BCUT2D eigenvalue weighted by molar-refractivity contribution is 9.09. The summed E-state index contributed by atoms with van der Waals surface area (Å²) in [6.45, 7) is 1.96. The van der Waals surface area contributed by atoms with Gasteiger partial charge in [-0.25, -0.2) is 4.98 Å². The Morgan fingerprint density at radius 2 is 2.42 bits per heavy atom. The summed E-state index contributed by atoms with van der Waals surface area (Å²) in [5, 5.41) is 1.13. The van der Waals surface area contributed by atoms with Crippen molar-refractivity contribution in [3.05, 3.63) is 28.5 Å². The van der Waals surface area contributed by atoms with E-state index >= 15 is 0 Å². The zero-order valence-electron chi connectivity index (χ0n) is 6.56. The van der Waals surface area contributed by atoms with Crippen molar-refractivity contribution in [3.8, 4) is 11.8 Å². The Hall–Kier alpha value is -0.520. The van der Waals surface area contributed by atoms with Gasteiger partial charge in [-0.05, 0) is 18.6 Å². The number of rotatable bonds is 0. The molecule has 0 atom stereocenters. The molecule has 1 nitrogen and oxygen atoms in total. The Bertz CT molecular complexity index is 318. The molecule has 0 aliphatic carbocycles. The van der Waals surface area contributed by atoms with E-state index in [4.69, 9.17) is 11.6 Å². The van der Waals surface area contributed by atoms with Crippen LogP contribution in [0.1, 0.15) is 11.1 Å². The van der Waals surface area contributed by atoms with E-state index in [0.717, 1.165) is 11.1 Å². The Balaban J connectivity index is 3.13. The van der Waals surface area contributed by atoms with Crippen molar-refractivity contribution < 1.29 is 0 Å². The first-order valence-corrected chi connectivity index (χ1v) is 4.91. The molecule has 0 amide bonds. The molecule has 1 heterocycles. The topological polar surface area (TPSA) is 12.9 Å². The van der Waals surface area contributed by atoms with Gasteiger partial charge in [-0.15, -0.1) is 0 Å². The van der Waals surface area contributed by atoms with Crippen LogP contribution in [0.15, 0.2) is 12.3 Å². The molecule has 0 radical (unpaired) electrons. The largest absolute Gasteiger partial charge is 0.243 e. The maximum absolute atomic E-state index is 5.84. The molecular weight excluding hydrogens is 237 g/mol. The highest BCUT2D eigenvalue weighted by Crippen LogP contribution is 2.14. The summed E-state index contributed by atoms with van der Waals surface area (Å²) < 4.78 is 0. The second-order valence-corrected chi connectivity index (χ2v) is 3.15. The lowest BCUT2D eigenvalue weighted by Gasteiger charge is -1.97. The zero-order chi connectivity index (χ0) is 8.97. The Kier molecular flexibility index (Phi) is 3.58. The van der Waals surface area contributed by atoms with Gasteiger partial charge in [0, 0.05) is 6.20 Å². The van der Waals surface area contributed by atoms with Crippen molar-refractivity contribution >= 4 is 27.5 Å². The predicted octanol–water partition coefficient (Wildman–Crippen LogP) is 2.79. The Labute approximate surface area is 85.3 Å². The number of pyridine rings is 1. The summed E-state index contributed by atoms with van der Waals surface area (Å²) in [6, 6.07) is 1.89. The lowest BCUT2D eigenvalue weighted by Crippen LogP contribution is -1.86. The average molecular weight is 245 g/mol. The van der Waals surface area contributed by atoms with Gasteiger partial charge in [-0.1, -0.05) is 39.4 Å². The Morgan fingerprint density at radius 1 is 1.67 bits per heavy atom. The second kappa shape index (κ2) is 4.49. The summed E-state index contributed by atoms with van der Waals surface area (Å²) in [5.74, 6) is 5.83. The third-order valence-corrected chi connectivity index (χ3v) is 1.96. The van der Waals surface area contributed by atoms with Gasteiger partial charge in [0.05, 0.1) is 10.9 Å². The fraction of sp³-hybridized carbons (Fsp3) is 0.222. The van der Waals surface area contributed by atoms with Crippen LogP contribution in [-0.4, -0.2) is 10.3 Å². The molecule has 1 aromatic heterocycles. The molecule has 0 aliphatic rings. The van der Waals surface area contributed by atoms with Gasteiger partial charge >= 0.3 is 0 Å². The SMILES string of the molecule is Cc1ccnc(Cl)c1C#CCBr. The molecule has 0 saturated carbocycles. The molecule has 1 rings (SSSR count). The Morgan fingerprint density at radius 3 is 3.00 bits per heavy atom. The third kappa shape index (κ3) is 2.23. The molecule has 0 fully saturated rings. The summed E-state index contributed by atoms with van der Waals surface area (Å²) in [4.78, 5) is 3.94. The van der Waals surface area contributed by atoms with Crippen LogP contribution in [0.25, 0.3) is 0 Å². The molecule has 0 aliphatic heterocycles. The first kappa shape index (κ1) is 9.57. The molecule has 0 N–H and O–H groups in total. The molecule has 0 spiro atoms. The minimum atomic E-state index is 0.475. The smallest absolute Gasteiger partial charge is 0.144 e. The van der Waals surface area contributed by atoms with Crippen molar-refractivity contribution in [1.82, 2.24) is 4.98 Å². The van der Waals surface area contributed by atoms with Gasteiger partial charge in [0.25, 0.3) is 0 Å². The minimum absolute atomic E-state index is 0.475. The quantitative estimate of drug-likeness (QED) is 0.388. The van der Waals surface area contributed by atoms with Crippen LogP contribution in [0.2, 0.25) is 5.15 Å². The number of hydrogen-bond acceptors (Lipinski definition) is 1. The van der Waals surface area contributed by atoms with Crippen LogP contribution >= 0.6 is 27.5 Å². The molecular formula is C9H7BrClN. The lowest BCUT2D eigenvalue weighted by atomic mass is 10.2. The van der Waals surface area contributed by atoms with Gasteiger partial charge in [0.15, 0.2) is 0 Å². The van der Waals surface area contributed by atoms with Gasteiger partial charge in [0.1, 0.15) is 5.15 Å². The fourth-order valence-corrected chi connectivity index (χ4v) is 1.19. The van der Waals surface area contributed by atoms with Gasteiger partial charge in [0.2, 0.25) is 0 Å². The minimum Gasteiger partial charge on any atom is -0.243 e. The van der Waals surface area contributed by atoms with Crippen molar-refractivity contribution in [2.45, 2.75) is 6.92 Å². The summed E-state index contributed by atoms with van der Waals surface area (Å²) in [5.41, 5.74) is 1.88. The van der Waals surface area contributed by atoms with Crippen LogP contribution in [-0.2, 0) is 0 Å². The third-order valence-electron chi connectivity index (χ3n) is 1.39. The monoisotopic (exact) mass is 243 g/mol. The van der Waals surface area contributed by atoms with Crippen LogP contribution in [0.5, 0.6) is 0 Å². The summed E-state index contributed by atoms with van der Waals surface area (Å²) in [7, 11) is 0. The molecule has 0 unspecified atom stereocenters. The zero-order valence-corrected chi connectivity index (χ0v) is 8.91. The molecule has 3 heteroatoms. The number of nitrogens with zero attached hydrogens (tertiary/aromatic N) is 1. The number of aromatic nitrogens is 1. The maximum atomic E-state index is 5.84. The first-order chi connectivity index (χ1) is 5.75. The molecule has 1 aromatic rings. The first-order valence-electron chi connectivity index (χ1n) is 3.41. The normalized spacial score (nSPS) is 8.92. The van der Waals surface area contributed by atoms with E-state index < -0.39 is 0 Å². The van der Waals surface area contributed by atoms with Gasteiger partial charge in [-0.2, -0.15) is 0 Å². The van der Waals surface area contributed by atoms with E-state index in [0.29, 0.717) is 10.5 Å². The lowest BCUT2D eigenvalue weighted by molar-refractivity contribution is 1.27. The standard InChI is InChI=1S/C9H7BrClN/c1-7-4-6-12-9(11)8(7)3-2-5-10/h4,6H,5H2,1H3. The van der Waals surface area contributed by atoms with Crippen LogP contribution in [0.3, 0.4) is 0 Å². The van der Waals surface area contributed by atoms with E-state index in [9.17, 15) is 0 Å². The van der Waals surface area contributed by atoms with Crippen molar-refractivity contribution in [2.75, 3.05) is 5.33 Å². The van der Waals surface area contributed by atoms with E-state index in [-0.39, 0.29) is 0 Å². The van der Waals surface area contributed by atoms with E-state index in [1.807, 2.05) is 13.0 Å². The van der Waals surface area contributed by atoms with E-state index in [1.165, 1.54) is 0 Å². The van der Waals surface area contributed by atoms with Gasteiger partial charge in [-0.3, -0.25) is 0 Å². The van der Waals surface area contributed by atoms with Crippen molar-refractivity contribution in [3.63, 3.8) is 0 Å². The maximum Gasteiger partial charge on any atom is 0.144 e. The summed E-state index contributed by atoms with van der Waals surface area (Å²) >= 11 is 9.06. The average Bonchev–Trinajstić information content (AvgIpc) is 2.04. The molecule has 62 valence electrons. The fourth-order valence-electron chi connectivity index (χ4n) is 0.797. The molecule has 0 bridgehead atoms. The highest BCUT2D eigenvalue weighted by Gasteiger charge is 1.99. The highest BCUT2D eigenvalue weighted by atomic mass is 79.9. The van der Waals surface area contributed by atoms with Crippen LogP contribution in [0, 0.1) is 18.8 Å². The van der Waals surface area contributed by atoms with Crippen molar-refractivity contribution in [2.24, 2.45) is 0 Å². The number of hydrogen-bond donors (Lipinski definition) is 0. The number of halogens is 2. The number of aryl methyl sites for hydroxylation is 1. The predicted molar refractivity (Wildman–Crippen MR) is 54.7 cm³/mol. The summed E-state index contributed by atoms with van der Waals surface area (Å²) in [6.07, 6.45) is 1.68. The molecule has 0 saturated heterocycles.